The van der Waals surface area contributed by atoms with Crippen molar-refractivity contribution in [1.29, 1.82) is 0 Å². The van der Waals surface area contributed by atoms with Crippen molar-refractivity contribution in [3.8, 4) is 5.69 Å². The first-order chi connectivity index (χ1) is 19.2. The number of aromatic nitrogens is 4. The Morgan fingerprint density at radius 2 is 1.95 bits per heavy atom. The van der Waals surface area contributed by atoms with E-state index in [2.05, 4.69) is 17.2 Å². The molecule has 208 valence electrons. The molecule has 2 aromatic heterocycles. The molecule has 0 amide bonds. The van der Waals surface area contributed by atoms with Gasteiger partial charge in [0.15, 0.2) is 0 Å². The van der Waals surface area contributed by atoms with Gasteiger partial charge in [-0.05, 0) is 61.1 Å². The third kappa shape index (κ3) is 4.75. The highest BCUT2D eigenvalue weighted by Crippen LogP contribution is 2.55. The van der Waals surface area contributed by atoms with Crippen LogP contribution in [0.1, 0.15) is 70.0 Å². The monoisotopic (exact) mass is 559 g/mol. The van der Waals surface area contributed by atoms with E-state index in [1.807, 2.05) is 61.1 Å². The fraction of sp³-hybridized carbons (Fsp3) is 0.367. The molecule has 0 radical (unpaired) electrons. The third-order valence-electron chi connectivity index (χ3n) is 8.23. The van der Waals surface area contributed by atoms with Gasteiger partial charge in [0.05, 0.1) is 16.2 Å². The van der Waals surface area contributed by atoms with Crippen LogP contribution in [0.3, 0.4) is 0 Å². The maximum absolute atomic E-state index is 13.8. The van der Waals surface area contributed by atoms with E-state index < -0.39 is 16.0 Å². The molecule has 6 rings (SSSR count). The number of carboxylic acid groups (broad SMARTS) is 1. The van der Waals surface area contributed by atoms with Gasteiger partial charge in [-0.25, -0.2) is 13.2 Å². The van der Waals surface area contributed by atoms with Crippen molar-refractivity contribution in [3.63, 3.8) is 0 Å². The lowest BCUT2D eigenvalue weighted by Crippen LogP contribution is -2.33. The molecule has 9 nitrogen and oxygen atoms in total. The molecule has 1 fully saturated rings. The van der Waals surface area contributed by atoms with E-state index in [-0.39, 0.29) is 29.9 Å². The van der Waals surface area contributed by atoms with Crippen molar-refractivity contribution in [3.05, 3.63) is 94.6 Å². The van der Waals surface area contributed by atoms with Gasteiger partial charge in [0.1, 0.15) is 0 Å². The van der Waals surface area contributed by atoms with Crippen molar-refractivity contribution < 1.29 is 18.3 Å². The second-order valence-electron chi connectivity index (χ2n) is 11.1. The van der Waals surface area contributed by atoms with Gasteiger partial charge in [0.25, 0.3) is 0 Å². The topological polar surface area (TPSA) is 110 Å². The minimum absolute atomic E-state index is 0.0118. The molecule has 4 aromatic rings. The highest BCUT2D eigenvalue weighted by atomic mass is 32.2. The molecule has 10 heteroatoms. The number of fused-ring (bicyclic) bond motifs is 1. The Hall–Kier alpha value is -3.76. The maximum Gasteiger partial charge on any atom is 0.337 e. The van der Waals surface area contributed by atoms with Crippen LogP contribution >= 0.6 is 0 Å². The number of sulfonamides is 1. The molecule has 0 bridgehead atoms. The number of hydrogen-bond acceptors (Lipinski definition) is 5. The van der Waals surface area contributed by atoms with E-state index in [0.29, 0.717) is 11.4 Å². The van der Waals surface area contributed by atoms with Crippen molar-refractivity contribution in [2.75, 3.05) is 6.54 Å². The first kappa shape index (κ1) is 26.5. The molecular formula is C30H33N5O4S. The molecule has 40 heavy (non-hydrogen) atoms. The van der Waals surface area contributed by atoms with Crippen LogP contribution in [0.25, 0.3) is 5.69 Å². The van der Waals surface area contributed by atoms with Gasteiger partial charge in [-0.3, -0.25) is 4.68 Å². The fourth-order valence-corrected chi connectivity index (χ4v) is 7.76. The van der Waals surface area contributed by atoms with Gasteiger partial charge in [0.2, 0.25) is 10.0 Å². The summed E-state index contributed by atoms with van der Waals surface area (Å²) in [6.07, 6.45) is 6.09. The third-order valence-corrected chi connectivity index (χ3v) is 10.1. The van der Waals surface area contributed by atoms with E-state index >= 15 is 0 Å². The van der Waals surface area contributed by atoms with E-state index in [9.17, 15) is 18.3 Å². The van der Waals surface area contributed by atoms with Gasteiger partial charge in [-0.15, -0.1) is 5.10 Å². The Bertz CT molecular complexity index is 1710. The normalized spacial score (nSPS) is 22.0. The van der Waals surface area contributed by atoms with Crippen LogP contribution in [0.2, 0.25) is 0 Å². The van der Waals surface area contributed by atoms with Crippen LogP contribution in [0.4, 0.5) is 0 Å². The number of hydrogen-bond donors (Lipinski definition) is 1. The standard InChI is InChI=1S/C30H33N5O4S/c1-4-20-13-22-12-19(2)8-9-28(22)40(38,39)34(16-20)17-21-6-5-7-23(14-21)35-11-10-24(30(36)37)29(35)26-15-25(26)27-18-33(3)32-31-27/h5-12,14,18,20,25-26H,4,13,15-17H2,1-3H3,(H,36,37)/t20-,25+,26+/m0/s1. The molecule has 0 spiro atoms. The van der Waals surface area contributed by atoms with Crippen molar-refractivity contribution >= 4 is 16.0 Å². The van der Waals surface area contributed by atoms with Crippen LogP contribution in [-0.2, 0) is 30.0 Å². The van der Waals surface area contributed by atoms with Crippen LogP contribution in [0.15, 0.2) is 65.8 Å². The number of aryl methyl sites for hydroxylation is 2. The molecule has 2 aliphatic rings. The van der Waals surface area contributed by atoms with Crippen molar-refractivity contribution in [1.82, 2.24) is 23.9 Å². The van der Waals surface area contributed by atoms with Crippen LogP contribution in [0.5, 0.6) is 0 Å². The quantitative estimate of drug-likeness (QED) is 0.353. The maximum atomic E-state index is 13.8. The Morgan fingerprint density at radius 3 is 2.67 bits per heavy atom. The SMILES string of the molecule is CC[C@H]1Cc2cc(C)ccc2S(=O)(=O)N(Cc2cccc(-n3ccc(C(=O)O)c3[C@@H]3C[C@H]3c3cn(C)nn3)c2)C1. The predicted molar refractivity (Wildman–Crippen MR) is 150 cm³/mol. The zero-order valence-electron chi connectivity index (χ0n) is 22.9. The Labute approximate surface area is 234 Å². The number of carbonyl (C=O) groups is 1. The molecule has 1 N–H and O–H groups in total. The second kappa shape index (κ2) is 10.0. The lowest BCUT2D eigenvalue weighted by atomic mass is 9.96. The van der Waals surface area contributed by atoms with Gasteiger partial charge in [0, 0.05) is 55.7 Å². The van der Waals surface area contributed by atoms with Gasteiger partial charge < -0.3 is 9.67 Å². The average Bonchev–Trinajstić information content (AvgIpc) is 3.39. The van der Waals surface area contributed by atoms with Crippen LogP contribution in [0, 0.1) is 12.8 Å². The summed E-state index contributed by atoms with van der Waals surface area (Å²) in [7, 11) is -1.86. The van der Waals surface area contributed by atoms with Gasteiger partial charge in [-0.1, -0.05) is 48.4 Å². The number of rotatable bonds is 7. The lowest BCUT2D eigenvalue weighted by Gasteiger charge is -2.23. The van der Waals surface area contributed by atoms with Crippen molar-refractivity contribution in [2.24, 2.45) is 13.0 Å². The Balaban J connectivity index is 1.33. The van der Waals surface area contributed by atoms with Gasteiger partial charge in [-0.2, -0.15) is 4.31 Å². The second-order valence-corrected chi connectivity index (χ2v) is 13.0. The minimum atomic E-state index is -3.68. The first-order valence-corrected chi connectivity index (χ1v) is 15.1. The largest absolute Gasteiger partial charge is 0.478 e. The summed E-state index contributed by atoms with van der Waals surface area (Å²) < 4.78 is 32.8. The van der Waals surface area contributed by atoms with E-state index in [1.165, 1.54) is 0 Å². The fourth-order valence-electron chi connectivity index (χ4n) is 6.04. The molecular weight excluding hydrogens is 526 g/mol. The average molecular weight is 560 g/mol. The zero-order valence-corrected chi connectivity index (χ0v) is 23.7. The summed E-state index contributed by atoms with van der Waals surface area (Å²) in [5.74, 6) is -0.619. The molecule has 3 heterocycles. The molecule has 0 saturated heterocycles. The summed E-state index contributed by atoms with van der Waals surface area (Å²) in [4.78, 5) is 12.5. The first-order valence-electron chi connectivity index (χ1n) is 13.7. The van der Waals surface area contributed by atoms with E-state index in [0.717, 1.165) is 53.0 Å². The predicted octanol–water partition coefficient (Wildman–Crippen LogP) is 4.66. The number of aromatic carboxylic acids is 1. The number of benzene rings is 2. The molecule has 1 saturated carbocycles. The molecule has 2 aromatic carbocycles. The van der Waals surface area contributed by atoms with Crippen LogP contribution in [-0.4, -0.2) is 49.9 Å². The summed E-state index contributed by atoms with van der Waals surface area (Å²) in [5, 5.41) is 18.2. The molecule has 3 atom stereocenters. The number of nitrogens with zero attached hydrogens (tertiary/aromatic N) is 5. The highest BCUT2D eigenvalue weighted by Gasteiger charge is 2.45. The molecule has 1 aliphatic carbocycles. The van der Waals surface area contributed by atoms with E-state index in [1.54, 1.807) is 27.3 Å². The molecule has 1 aliphatic heterocycles. The minimum Gasteiger partial charge on any atom is -0.478 e. The highest BCUT2D eigenvalue weighted by molar-refractivity contribution is 7.89. The van der Waals surface area contributed by atoms with Gasteiger partial charge >= 0.3 is 5.97 Å². The summed E-state index contributed by atoms with van der Waals surface area (Å²) in [5.41, 5.74) is 5.48. The lowest BCUT2D eigenvalue weighted by molar-refractivity contribution is 0.0695. The van der Waals surface area contributed by atoms with E-state index in [4.69, 9.17) is 0 Å². The summed E-state index contributed by atoms with van der Waals surface area (Å²) in [6, 6.07) is 15.0. The van der Waals surface area contributed by atoms with Crippen LogP contribution < -0.4 is 0 Å². The molecule has 0 unspecified atom stereocenters. The Kier molecular flexibility index (Phi) is 6.62. The number of carboxylic acids is 1. The smallest absolute Gasteiger partial charge is 0.337 e. The summed E-state index contributed by atoms with van der Waals surface area (Å²) in [6.45, 7) is 4.80. The summed E-state index contributed by atoms with van der Waals surface area (Å²) >= 11 is 0. The zero-order chi connectivity index (χ0) is 28.2. The Morgan fingerprint density at radius 1 is 1.12 bits per heavy atom. The van der Waals surface area contributed by atoms with Crippen molar-refractivity contribution in [2.45, 2.75) is 56.4 Å².